The number of hydrogen-bond acceptors (Lipinski definition) is 3. The minimum absolute atomic E-state index is 0.463. The molecule has 4 nitrogen and oxygen atoms in total. The molecule has 0 amide bonds. The fourth-order valence-electron chi connectivity index (χ4n) is 2.00. The van der Waals surface area contributed by atoms with E-state index in [2.05, 4.69) is 39.4 Å². The van der Waals surface area contributed by atoms with Crippen LogP contribution in [0.3, 0.4) is 0 Å². The highest BCUT2D eigenvalue weighted by Gasteiger charge is 2.06. The third-order valence-electron chi connectivity index (χ3n) is 3.32. The molecule has 0 spiro atoms. The van der Waals surface area contributed by atoms with E-state index >= 15 is 0 Å². The van der Waals surface area contributed by atoms with Gasteiger partial charge in [0, 0.05) is 13.6 Å². The summed E-state index contributed by atoms with van der Waals surface area (Å²) in [5.41, 5.74) is 1.36. The number of rotatable bonds is 7. The highest BCUT2D eigenvalue weighted by Crippen LogP contribution is 2.16. The third kappa shape index (κ3) is 5.41. The number of para-hydroxylation sites is 1. The Morgan fingerprint density at radius 1 is 1.23 bits per heavy atom. The predicted molar refractivity (Wildman–Crippen MR) is 94.0 cm³/mol. The van der Waals surface area contributed by atoms with Crippen LogP contribution >= 0.6 is 11.3 Å². The van der Waals surface area contributed by atoms with Gasteiger partial charge < -0.3 is 15.4 Å². The molecule has 118 valence electrons. The quantitative estimate of drug-likeness (QED) is 0.468. The molecular weight excluding hydrogens is 294 g/mol. The molecule has 1 atom stereocenters. The lowest BCUT2D eigenvalue weighted by Gasteiger charge is -2.15. The minimum Gasteiger partial charge on any atom is -0.492 e. The van der Waals surface area contributed by atoms with Crippen LogP contribution in [-0.4, -0.2) is 32.7 Å². The Morgan fingerprint density at radius 3 is 2.73 bits per heavy atom. The van der Waals surface area contributed by atoms with E-state index in [1.807, 2.05) is 30.3 Å². The molecule has 22 heavy (non-hydrogen) atoms. The normalized spacial score (nSPS) is 12.7. The van der Waals surface area contributed by atoms with E-state index in [4.69, 9.17) is 4.74 Å². The van der Waals surface area contributed by atoms with Gasteiger partial charge in [-0.1, -0.05) is 25.1 Å². The molecule has 0 radical (unpaired) electrons. The lowest BCUT2D eigenvalue weighted by molar-refractivity contribution is 0.322. The van der Waals surface area contributed by atoms with Crippen molar-refractivity contribution in [2.45, 2.75) is 12.8 Å². The van der Waals surface area contributed by atoms with Crippen LogP contribution in [0.4, 0.5) is 0 Å². The number of nitrogens with one attached hydrogen (secondary N) is 2. The minimum atomic E-state index is 0.463. The molecule has 2 rings (SSSR count). The van der Waals surface area contributed by atoms with Gasteiger partial charge in [0.2, 0.25) is 0 Å². The van der Waals surface area contributed by atoms with Crippen molar-refractivity contribution in [1.29, 1.82) is 0 Å². The average molecular weight is 317 g/mol. The van der Waals surface area contributed by atoms with Gasteiger partial charge in [-0.25, -0.2) is 0 Å². The maximum absolute atomic E-state index is 5.64. The van der Waals surface area contributed by atoms with Crippen molar-refractivity contribution in [3.63, 3.8) is 0 Å². The summed E-state index contributed by atoms with van der Waals surface area (Å²) >= 11 is 1.73. The zero-order chi connectivity index (χ0) is 15.6. The summed E-state index contributed by atoms with van der Waals surface area (Å²) in [7, 11) is 1.78. The maximum atomic E-state index is 5.64. The van der Waals surface area contributed by atoms with E-state index in [0.717, 1.165) is 18.3 Å². The molecule has 5 heteroatoms. The van der Waals surface area contributed by atoms with E-state index in [-0.39, 0.29) is 0 Å². The summed E-state index contributed by atoms with van der Waals surface area (Å²) in [6.07, 6.45) is 0. The molecule has 0 saturated carbocycles. The Balaban J connectivity index is 1.65. The molecule has 0 aliphatic rings. The molecule has 0 fully saturated rings. The lowest BCUT2D eigenvalue weighted by Crippen LogP contribution is -2.40. The third-order valence-corrected chi connectivity index (χ3v) is 4.02. The van der Waals surface area contributed by atoms with E-state index in [9.17, 15) is 0 Å². The van der Waals surface area contributed by atoms with Crippen LogP contribution in [-0.2, 0) is 0 Å². The van der Waals surface area contributed by atoms with Crippen LogP contribution < -0.4 is 15.4 Å². The smallest absolute Gasteiger partial charge is 0.191 e. The summed E-state index contributed by atoms with van der Waals surface area (Å²) in [5, 5.41) is 10.9. The number of nitrogens with zero attached hydrogens (tertiary/aromatic N) is 1. The molecule has 1 aromatic carbocycles. The van der Waals surface area contributed by atoms with Crippen LogP contribution in [0, 0.1) is 0 Å². The van der Waals surface area contributed by atoms with Gasteiger partial charge in [-0.3, -0.25) is 4.99 Å². The van der Waals surface area contributed by atoms with E-state index in [0.29, 0.717) is 19.1 Å². The first-order valence-corrected chi connectivity index (χ1v) is 8.38. The molecule has 0 aliphatic heterocycles. The largest absolute Gasteiger partial charge is 0.492 e. The van der Waals surface area contributed by atoms with Crippen molar-refractivity contribution < 1.29 is 4.74 Å². The van der Waals surface area contributed by atoms with Crippen molar-refractivity contribution in [2.24, 2.45) is 4.99 Å². The second-order valence-electron chi connectivity index (χ2n) is 5.00. The Morgan fingerprint density at radius 2 is 2.05 bits per heavy atom. The summed E-state index contributed by atoms with van der Waals surface area (Å²) < 4.78 is 5.64. The van der Waals surface area contributed by atoms with Crippen LogP contribution in [0.25, 0.3) is 0 Å². The van der Waals surface area contributed by atoms with Gasteiger partial charge in [0.25, 0.3) is 0 Å². The van der Waals surface area contributed by atoms with Crippen LogP contribution in [0.2, 0.25) is 0 Å². The van der Waals surface area contributed by atoms with Gasteiger partial charge in [-0.2, -0.15) is 11.3 Å². The van der Waals surface area contributed by atoms with Crippen LogP contribution in [0.1, 0.15) is 18.4 Å². The zero-order valence-corrected chi connectivity index (χ0v) is 13.9. The zero-order valence-electron chi connectivity index (χ0n) is 13.1. The van der Waals surface area contributed by atoms with E-state index in [1.54, 1.807) is 18.4 Å². The SMILES string of the molecule is CN=C(NCCOc1ccccc1)NCC(C)c1ccsc1. The highest BCUT2D eigenvalue weighted by molar-refractivity contribution is 7.07. The van der Waals surface area contributed by atoms with Gasteiger partial charge in [-0.15, -0.1) is 0 Å². The molecule has 0 aliphatic carbocycles. The number of guanidine groups is 1. The van der Waals surface area contributed by atoms with Gasteiger partial charge in [0.05, 0.1) is 6.54 Å². The standard InChI is InChI=1S/C17H23N3OS/c1-14(15-8-11-22-13-15)12-20-17(18-2)19-9-10-21-16-6-4-3-5-7-16/h3-8,11,13-14H,9-10,12H2,1-2H3,(H2,18,19,20). The first-order valence-electron chi connectivity index (χ1n) is 7.44. The fourth-order valence-corrected chi connectivity index (χ4v) is 2.78. The number of aliphatic imine (C=N–C) groups is 1. The molecule has 1 unspecified atom stereocenters. The van der Waals surface area contributed by atoms with Crippen molar-refractivity contribution in [3.05, 3.63) is 52.7 Å². The fraction of sp³-hybridized carbons (Fsp3) is 0.353. The first-order chi connectivity index (χ1) is 10.8. The highest BCUT2D eigenvalue weighted by atomic mass is 32.1. The van der Waals surface area contributed by atoms with Crippen molar-refractivity contribution >= 4 is 17.3 Å². The number of benzene rings is 1. The summed E-state index contributed by atoms with van der Waals surface area (Å²) in [5.74, 6) is 2.16. The molecule has 1 heterocycles. The van der Waals surface area contributed by atoms with Gasteiger partial charge in [0.1, 0.15) is 12.4 Å². The topological polar surface area (TPSA) is 45.7 Å². The van der Waals surface area contributed by atoms with Gasteiger partial charge in [-0.05, 0) is 40.4 Å². The molecule has 1 aromatic heterocycles. The molecule has 2 N–H and O–H groups in total. The Labute approximate surface area is 136 Å². The summed E-state index contributed by atoms with van der Waals surface area (Å²) in [6, 6.07) is 12.0. The Kier molecular flexibility index (Phi) is 6.77. The van der Waals surface area contributed by atoms with Crippen molar-refractivity contribution in [1.82, 2.24) is 10.6 Å². The lowest BCUT2D eigenvalue weighted by atomic mass is 10.1. The average Bonchev–Trinajstić information content (AvgIpc) is 3.09. The molecule has 0 saturated heterocycles. The predicted octanol–water partition coefficient (Wildman–Crippen LogP) is 3.10. The van der Waals surface area contributed by atoms with Crippen LogP contribution in [0.5, 0.6) is 5.75 Å². The molecule has 0 bridgehead atoms. The monoisotopic (exact) mass is 317 g/mol. The van der Waals surface area contributed by atoms with Crippen LogP contribution in [0.15, 0.2) is 52.2 Å². The first kappa shape index (κ1) is 16.4. The molecule has 2 aromatic rings. The van der Waals surface area contributed by atoms with Gasteiger partial charge in [0.15, 0.2) is 5.96 Å². The molecular formula is C17H23N3OS. The Hall–Kier alpha value is -2.01. The van der Waals surface area contributed by atoms with Crippen molar-refractivity contribution in [3.8, 4) is 5.75 Å². The van der Waals surface area contributed by atoms with E-state index < -0.39 is 0 Å². The Bertz CT molecular complexity index is 555. The van der Waals surface area contributed by atoms with E-state index in [1.165, 1.54) is 5.56 Å². The second kappa shape index (κ2) is 9.10. The van der Waals surface area contributed by atoms with Gasteiger partial charge >= 0.3 is 0 Å². The number of thiophene rings is 1. The number of hydrogen-bond donors (Lipinski definition) is 2. The maximum Gasteiger partial charge on any atom is 0.191 e. The van der Waals surface area contributed by atoms with Crippen molar-refractivity contribution in [2.75, 3.05) is 26.7 Å². The second-order valence-corrected chi connectivity index (χ2v) is 5.78. The number of ether oxygens (including phenoxy) is 1. The summed E-state index contributed by atoms with van der Waals surface area (Å²) in [4.78, 5) is 4.23. The summed E-state index contributed by atoms with van der Waals surface area (Å²) in [6.45, 7) is 4.38.